The van der Waals surface area contributed by atoms with E-state index < -0.39 is 0 Å². The first-order valence-electron chi connectivity index (χ1n) is 10.5. The first-order chi connectivity index (χ1) is 15.3. The van der Waals surface area contributed by atoms with E-state index in [1.165, 1.54) is 17.1 Å². The Morgan fingerprint density at radius 2 is 1.62 bits per heavy atom. The molecule has 8 nitrogen and oxygen atoms in total. The number of anilines is 3. The highest BCUT2D eigenvalue weighted by Gasteiger charge is 2.19. The molecule has 32 heavy (non-hydrogen) atoms. The molecule has 0 saturated heterocycles. The topological polar surface area (TPSA) is 93.8 Å². The Hall–Kier alpha value is -3.94. The van der Waals surface area contributed by atoms with Gasteiger partial charge in [0.15, 0.2) is 5.65 Å². The van der Waals surface area contributed by atoms with Crippen LogP contribution in [0.3, 0.4) is 0 Å². The molecule has 0 radical (unpaired) electrons. The van der Waals surface area contributed by atoms with Gasteiger partial charge < -0.3 is 10.6 Å². The van der Waals surface area contributed by atoms with Crippen molar-refractivity contribution >= 4 is 34.0 Å². The molecule has 2 aromatic heterocycles. The van der Waals surface area contributed by atoms with Gasteiger partial charge in [0.05, 0.1) is 18.1 Å². The summed E-state index contributed by atoms with van der Waals surface area (Å²) in [6.45, 7) is 6.24. The summed E-state index contributed by atoms with van der Waals surface area (Å²) in [6.07, 6.45) is 3.17. The highest BCUT2D eigenvalue weighted by Crippen LogP contribution is 2.19. The first-order valence-corrected chi connectivity index (χ1v) is 10.5. The number of carbonyl (C=O) groups is 1. The smallest absolute Gasteiger partial charge is 0.264 e. The Kier molecular flexibility index (Phi) is 5.77. The maximum atomic E-state index is 12.8. The molecule has 8 heteroatoms. The van der Waals surface area contributed by atoms with Gasteiger partial charge in [0.2, 0.25) is 5.91 Å². The second-order valence-electron chi connectivity index (χ2n) is 8.57. The van der Waals surface area contributed by atoms with Gasteiger partial charge in [0.25, 0.3) is 5.56 Å². The van der Waals surface area contributed by atoms with Gasteiger partial charge in [0, 0.05) is 30.0 Å². The molecule has 0 aliphatic carbocycles. The number of fused-ring (bicyclic) bond motifs is 1. The minimum Gasteiger partial charge on any atom is -0.356 e. The van der Waals surface area contributed by atoms with Crippen molar-refractivity contribution in [1.82, 2.24) is 19.3 Å². The summed E-state index contributed by atoms with van der Waals surface area (Å²) in [7, 11) is 0. The highest BCUT2D eigenvalue weighted by atomic mass is 16.2. The van der Waals surface area contributed by atoms with Crippen molar-refractivity contribution in [2.75, 3.05) is 10.6 Å². The number of aromatic nitrogens is 4. The van der Waals surface area contributed by atoms with Gasteiger partial charge in [-0.3, -0.25) is 14.2 Å². The van der Waals surface area contributed by atoms with Crippen LogP contribution < -0.4 is 16.2 Å². The lowest BCUT2D eigenvalue weighted by Gasteiger charge is -2.19. The Morgan fingerprint density at radius 3 is 2.31 bits per heavy atom. The van der Waals surface area contributed by atoms with Gasteiger partial charge in [0.1, 0.15) is 5.39 Å². The summed E-state index contributed by atoms with van der Waals surface area (Å²) < 4.78 is 3.18. The van der Waals surface area contributed by atoms with E-state index in [2.05, 4.69) is 20.7 Å². The number of amides is 1. The van der Waals surface area contributed by atoms with E-state index in [9.17, 15) is 9.59 Å². The third kappa shape index (κ3) is 4.69. The summed E-state index contributed by atoms with van der Waals surface area (Å²) in [6, 6.07) is 17.3. The van der Waals surface area contributed by atoms with Crippen molar-refractivity contribution < 1.29 is 4.79 Å². The number of rotatable bonds is 6. The lowest BCUT2D eigenvalue weighted by Crippen LogP contribution is -2.26. The summed E-state index contributed by atoms with van der Waals surface area (Å²) in [4.78, 5) is 29.6. The lowest BCUT2D eigenvalue weighted by molar-refractivity contribution is -0.116. The highest BCUT2D eigenvalue weighted by molar-refractivity contribution is 5.90. The fraction of sp³-hybridized carbons (Fsp3) is 0.250. The number of aryl methyl sites for hydroxylation is 1. The van der Waals surface area contributed by atoms with Crippen LogP contribution >= 0.6 is 0 Å². The Labute approximate surface area is 185 Å². The number of carbonyl (C=O) groups excluding carboxylic acids is 1. The Balaban J connectivity index is 1.37. The van der Waals surface area contributed by atoms with Gasteiger partial charge in [-0.1, -0.05) is 18.2 Å². The summed E-state index contributed by atoms with van der Waals surface area (Å²) in [5, 5.41) is 10.9. The summed E-state index contributed by atoms with van der Waals surface area (Å²) >= 11 is 0. The van der Waals surface area contributed by atoms with Crippen molar-refractivity contribution in [1.29, 1.82) is 0 Å². The SMILES string of the molecule is CC(C)(C)n1ncc2c(=O)n(CCC(=O)Nc3ccc(Nc4ccccc4)cc3)cnc21. The van der Waals surface area contributed by atoms with Crippen LogP contribution in [0.4, 0.5) is 17.1 Å². The average Bonchev–Trinajstić information content (AvgIpc) is 3.21. The fourth-order valence-corrected chi connectivity index (χ4v) is 3.37. The van der Waals surface area contributed by atoms with Crippen LogP contribution in [0.2, 0.25) is 0 Å². The molecule has 2 heterocycles. The molecular formula is C24H26N6O2. The number of benzene rings is 2. The van der Waals surface area contributed by atoms with Gasteiger partial charge in [-0.15, -0.1) is 0 Å². The van der Waals surface area contributed by atoms with Crippen LogP contribution in [-0.4, -0.2) is 25.2 Å². The number of nitrogens with zero attached hydrogens (tertiary/aromatic N) is 4. The predicted molar refractivity (Wildman–Crippen MR) is 126 cm³/mol. The molecule has 2 aromatic carbocycles. The lowest BCUT2D eigenvalue weighted by atomic mass is 10.1. The second-order valence-corrected chi connectivity index (χ2v) is 8.57. The van der Waals surface area contributed by atoms with Gasteiger partial charge >= 0.3 is 0 Å². The summed E-state index contributed by atoms with van der Waals surface area (Å²) in [5.74, 6) is -0.175. The Bertz CT molecular complexity index is 1280. The van der Waals surface area contributed by atoms with Crippen molar-refractivity contribution in [2.24, 2.45) is 0 Å². The maximum Gasteiger partial charge on any atom is 0.264 e. The van der Waals surface area contributed by atoms with E-state index in [0.717, 1.165) is 11.4 Å². The fourth-order valence-electron chi connectivity index (χ4n) is 3.37. The minimum atomic E-state index is -0.278. The van der Waals surface area contributed by atoms with Crippen LogP contribution in [-0.2, 0) is 16.9 Å². The molecule has 164 valence electrons. The third-order valence-corrected chi connectivity index (χ3v) is 5.00. The van der Waals surface area contributed by atoms with Crippen molar-refractivity contribution in [3.8, 4) is 0 Å². The quantitative estimate of drug-likeness (QED) is 0.480. The molecule has 1 amide bonds. The van der Waals surface area contributed by atoms with Gasteiger partial charge in [-0.2, -0.15) is 5.10 Å². The van der Waals surface area contributed by atoms with E-state index >= 15 is 0 Å². The van der Waals surface area contributed by atoms with Crippen LogP contribution in [0.5, 0.6) is 0 Å². The molecule has 0 aliphatic rings. The molecule has 4 rings (SSSR count). The van der Waals surface area contributed by atoms with Crippen LogP contribution in [0.25, 0.3) is 11.0 Å². The molecule has 2 N–H and O–H groups in total. The summed E-state index contributed by atoms with van der Waals surface area (Å²) in [5.41, 5.74) is 2.69. The maximum absolute atomic E-state index is 12.8. The largest absolute Gasteiger partial charge is 0.356 e. The second kappa shape index (κ2) is 8.66. The number of hydrogen-bond acceptors (Lipinski definition) is 5. The molecule has 0 fully saturated rings. The Morgan fingerprint density at radius 1 is 0.969 bits per heavy atom. The number of hydrogen-bond donors (Lipinski definition) is 2. The van der Waals surface area contributed by atoms with E-state index in [4.69, 9.17) is 0 Å². The minimum absolute atomic E-state index is 0.157. The van der Waals surface area contributed by atoms with Crippen LogP contribution in [0, 0.1) is 0 Å². The molecule has 0 spiro atoms. The first kappa shape index (κ1) is 21.3. The zero-order valence-corrected chi connectivity index (χ0v) is 18.4. The molecular weight excluding hydrogens is 404 g/mol. The van der Waals surface area contributed by atoms with Gasteiger partial charge in [-0.05, 0) is 57.2 Å². The molecule has 0 atom stereocenters. The van der Waals surface area contributed by atoms with E-state index in [-0.39, 0.29) is 30.0 Å². The van der Waals surface area contributed by atoms with Crippen LogP contribution in [0.1, 0.15) is 27.2 Å². The number of para-hydroxylation sites is 1. The molecule has 0 aliphatic heterocycles. The van der Waals surface area contributed by atoms with E-state index in [0.29, 0.717) is 16.7 Å². The molecule has 4 aromatic rings. The zero-order chi connectivity index (χ0) is 22.7. The average molecular weight is 431 g/mol. The predicted octanol–water partition coefficient (Wildman–Crippen LogP) is 4.12. The standard InChI is InChI=1S/C24H26N6O2/c1-24(2,3)30-22-20(15-26-30)23(32)29(16-25-22)14-13-21(31)28-19-11-9-18(10-12-19)27-17-7-5-4-6-8-17/h4-12,15-16,27H,13-14H2,1-3H3,(H,28,31). The van der Waals surface area contributed by atoms with E-state index in [1.807, 2.05) is 75.4 Å². The monoisotopic (exact) mass is 430 g/mol. The van der Waals surface area contributed by atoms with E-state index in [1.54, 1.807) is 4.68 Å². The molecule has 0 unspecified atom stereocenters. The van der Waals surface area contributed by atoms with Gasteiger partial charge in [-0.25, -0.2) is 9.67 Å². The van der Waals surface area contributed by atoms with Crippen molar-refractivity contribution in [3.63, 3.8) is 0 Å². The third-order valence-electron chi connectivity index (χ3n) is 5.00. The number of nitrogens with one attached hydrogen (secondary N) is 2. The zero-order valence-electron chi connectivity index (χ0n) is 18.4. The molecule has 0 saturated carbocycles. The molecule has 0 bridgehead atoms. The van der Waals surface area contributed by atoms with Crippen LogP contribution in [0.15, 0.2) is 71.9 Å². The van der Waals surface area contributed by atoms with Crippen molar-refractivity contribution in [3.05, 3.63) is 77.5 Å². The normalized spacial score (nSPS) is 11.5. The van der Waals surface area contributed by atoms with Crippen molar-refractivity contribution in [2.45, 2.75) is 39.3 Å².